The van der Waals surface area contributed by atoms with Crippen molar-refractivity contribution in [2.45, 2.75) is 24.0 Å². The number of benzene rings is 1. The van der Waals surface area contributed by atoms with Crippen LogP contribution in [0.1, 0.15) is 12.5 Å². The molecule has 16 heavy (non-hydrogen) atoms. The van der Waals surface area contributed by atoms with E-state index in [9.17, 15) is 8.42 Å². The van der Waals surface area contributed by atoms with Crippen LogP contribution in [0.5, 0.6) is 0 Å². The zero-order valence-electron chi connectivity index (χ0n) is 9.15. The minimum absolute atomic E-state index is 0.437. The van der Waals surface area contributed by atoms with Crippen LogP contribution in [0.3, 0.4) is 0 Å². The molecule has 0 bridgehead atoms. The summed E-state index contributed by atoms with van der Waals surface area (Å²) in [6.07, 6.45) is 1.70. The average molecular weight is 281 g/mol. The highest BCUT2D eigenvalue weighted by Gasteiger charge is 2.24. The summed E-state index contributed by atoms with van der Waals surface area (Å²) in [6, 6.07) is 7.28. The lowest BCUT2D eigenvalue weighted by Crippen LogP contribution is -2.28. The first-order valence-electron chi connectivity index (χ1n) is 4.88. The molecule has 1 aromatic carbocycles. The molecule has 0 saturated carbocycles. The van der Waals surface area contributed by atoms with Crippen molar-refractivity contribution in [3.05, 3.63) is 34.9 Å². The quantitative estimate of drug-likeness (QED) is 0.795. The first kappa shape index (κ1) is 13.8. The second kappa shape index (κ2) is 5.39. The fourth-order valence-corrected chi connectivity index (χ4v) is 2.91. The van der Waals surface area contributed by atoms with Gasteiger partial charge >= 0.3 is 0 Å². The lowest BCUT2D eigenvalue weighted by Gasteiger charge is -2.16. The van der Waals surface area contributed by atoms with Gasteiger partial charge in [-0.05, 0) is 31.0 Å². The Kier molecular flexibility index (Phi) is 4.65. The third-order valence-electron chi connectivity index (χ3n) is 2.50. The molecule has 0 aliphatic heterocycles. The lowest BCUT2D eigenvalue weighted by molar-refractivity contribution is 0.584. The summed E-state index contributed by atoms with van der Waals surface area (Å²) in [4.78, 5) is 0. The van der Waals surface area contributed by atoms with Crippen LogP contribution in [-0.2, 0) is 16.3 Å². The van der Waals surface area contributed by atoms with Gasteiger partial charge in [0.25, 0.3) is 0 Å². The van der Waals surface area contributed by atoms with E-state index in [0.29, 0.717) is 11.4 Å². The van der Waals surface area contributed by atoms with Gasteiger partial charge in [-0.15, -0.1) is 11.6 Å². The average Bonchev–Trinajstić information content (AvgIpc) is 2.15. The Labute approximate surface area is 106 Å². The molecule has 0 saturated heterocycles. The van der Waals surface area contributed by atoms with Crippen LogP contribution in [0.25, 0.3) is 0 Å². The minimum Gasteiger partial charge on any atom is -0.229 e. The summed E-state index contributed by atoms with van der Waals surface area (Å²) in [5.74, 6) is 0. The molecule has 0 amide bonds. The minimum atomic E-state index is -3.10. The molecule has 2 nitrogen and oxygen atoms in total. The summed E-state index contributed by atoms with van der Waals surface area (Å²) < 4.78 is 22.6. The van der Waals surface area contributed by atoms with Crippen molar-refractivity contribution in [1.82, 2.24) is 0 Å². The van der Waals surface area contributed by atoms with Gasteiger partial charge in [0.2, 0.25) is 0 Å². The Bertz CT molecular complexity index is 457. The van der Waals surface area contributed by atoms with Gasteiger partial charge in [0.15, 0.2) is 9.84 Å². The van der Waals surface area contributed by atoms with Crippen LogP contribution >= 0.6 is 23.2 Å². The molecular weight excluding hydrogens is 267 g/mol. The highest BCUT2D eigenvalue weighted by molar-refractivity contribution is 7.91. The second-order valence-corrected chi connectivity index (χ2v) is 7.28. The molecule has 1 rings (SSSR count). The highest BCUT2D eigenvalue weighted by atomic mass is 35.5. The molecule has 0 aliphatic carbocycles. The van der Waals surface area contributed by atoms with Gasteiger partial charge < -0.3 is 0 Å². The Morgan fingerprint density at radius 2 is 2.00 bits per heavy atom. The topological polar surface area (TPSA) is 34.1 Å². The van der Waals surface area contributed by atoms with Crippen LogP contribution in [0.15, 0.2) is 24.3 Å². The number of alkyl halides is 1. The molecule has 90 valence electrons. The first-order valence-corrected chi connectivity index (χ1v) is 7.65. The van der Waals surface area contributed by atoms with E-state index < -0.39 is 20.5 Å². The van der Waals surface area contributed by atoms with Crippen LogP contribution < -0.4 is 0 Å². The Hall–Kier alpha value is -0.250. The van der Waals surface area contributed by atoms with E-state index in [1.807, 2.05) is 12.1 Å². The first-order chi connectivity index (χ1) is 7.30. The van der Waals surface area contributed by atoms with E-state index in [2.05, 4.69) is 0 Å². The SMILES string of the molecule is CC(C(Cl)Cc1cccc(Cl)c1)S(C)(=O)=O. The molecule has 0 spiro atoms. The smallest absolute Gasteiger partial charge is 0.151 e. The van der Waals surface area contributed by atoms with E-state index in [1.54, 1.807) is 19.1 Å². The summed E-state index contributed by atoms with van der Waals surface area (Å²) in [6.45, 7) is 1.62. The van der Waals surface area contributed by atoms with Gasteiger partial charge in [0.1, 0.15) is 0 Å². The normalized spacial score (nSPS) is 15.8. The maximum absolute atomic E-state index is 11.3. The molecule has 0 radical (unpaired) electrons. The lowest BCUT2D eigenvalue weighted by atomic mass is 10.1. The molecule has 0 N–H and O–H groups in total. The van der Waals surface area contributed by atoms with Crippen LogP contribution in [0.2, 0.25) is 5.02 Å². The van der Waals surface area contributed by atoms with E-state index in [4.69, 9.17) is 23.2 Å². The van der Waals surface area contributed by atoms with Crippen LogP contribution in [0.4, 0.5) is 0 Å². The van der Waals surface area contributed by atoms with Crippen LogP contribution in [0, 0.1) is 0 Å². The van der Waals surface area contributed by atoms with Crippen molar-refractivity contribution in [2.75, 3.05) is 6.26 Å². The maximum atomic E-state index is 11.3. The van der Waals surface area contributed by atoms with Crippen molar-refractivity contribution in [2.24, 2.45) is 0 Å². The van der Waals surface area contributed by atoms with Gasteiger partial charge in [-0.25, -0.2) is 8.42 Å². The van der Waals surface area contributed by atoms with E-state index in [0.717, 1.165) is 5.56 Å². The standard InChI is InChI=1S/C11H14Cl2O2S/c1-8(16(2,14)15)11(13)7-9-4-3-5-10(12)6-9/h3-6,8,11H,7H2,1-2H3. The summed E-state index contributed by atoms with van der Waals surface area (Å²) in [5, 5.41) is -0.366. The summed E-state index contributed by atoms with van der Waals surface area (Å²) >= 11 is 11.9. The third kappa shape index (κ3) is 3.96. The molecular formula is C11H14Cl2O2S. The molecule has 0 aliphatic rings. The zero-order chi connectivity index (χ0) is 12.3. The third-order valence-corrected chi connectivity index (χ3v) is 5.10. The largest absolute Gasteiger partial charge is 0.229 e. The highest BCUT2D eigenvalue weighted by Crippen LogP contribution is 2.19. The fourth-order valence-electron chi connectivity index (χ4n) is 1.32. The zero-order valence-corrected chi connectivity index (χ0v) is 11.5. The number of halogens is 2. The molecule has 1 aromatic rings. The monoisotopic (exact) mass is 280 g/mol. The predicted octanol–water partition coefficient (Wildman–Crippen LogP) is 2.92. The Balaban J connectivity index is 2.75. The van der Waals surface area contributed by atoms with Crippen molar-refractivity contribution in [1.29, 1.82) is 0 Å². The van der Waals surface area contributed by atoms with Crippen LogP contribution in [-0.4, -0.2) is 25.3 Å². The van der Waals surface area contributed by atoms with E-state index in [1.165, 1.54) is 6.26 Å². The van der Waals surface area contributed by atoms with Gasteiger partial charge in [0, 0.05) is 11.3 Å². The Morgan fingerprint density at radius 3 is 2.50 bits per heavy atom. The number of hydrogen-bond acceptors (Lipinski definition) is 2. The maximum Gasteiger partial charge on any atom is 0.151 e. The van der Waals surface area contributed by atoms with Gasteiger partial charge in [-0.1, -0.05) is 23.7 Å². The molecule has 2 atom stereocenters. The van der Waals surface area contributed by atoms with Gasteiger partial charge in [-0.3, -0.25) is 0 Å². The van der Waals surface area contributed by atoms with Crippen molar-refractivity contribution in [3.63, 3.8) is 0 Å². The van der Waals surface area contributed by atoms with E-state index in [-0.39, 0.29) is 0 Å². The summed E-state index contributed by atoms with van der Waals surface area (Å²) in [7, 11) is -3.10. The van der Waals surface area contributed by atoms with Crippen molar-refractivity contribution in [3.8, 4) is 0 Å². The molecule has 0 aromatic heterocycles. The van der Waals surface area contributed by atoms with E-state index >= 15 is 0 Å². The molecule has 0 fully saturated rings. The number of rotatable bonds is 4. The van der Waals surface area contributed by atoms with Crippen molar-refractivity contribution >= 4 is 33.0 Å². The van der Waals surface area contributed by atoms with Gasteiger partial charge in [-0.2, -0.15) is 0 Å². The molecule has 5 heteroatoms. The van der Waals surface area contributed by atoms with Gasteiger partial charge in [0.05, 0.1) is 10.6 Å². The number of hydrogen-bond donors (Lipinski definition) is 0. The molecule has 0 heterocycles. The molecule has 2 unspecified atom stereocenters. The van der Waals surface area contributed by atoms with Crippen molar-refractivity contribution < 1.29 is 8.42 Å². The second-order valence-electron chi connectivity index (χ2n) is 3.88. The number of sulfone groups is 1. The predicted molar refractivity (Wildman–Crippen MR) is 69.1 cm³/mol. The summed E-state index contributed by atoms with van der Waals surface area (Å²) in [5.41, 5.74) is 0.947. The Morgan fingerprint density at radius 1 is 1.38 bits per heavy atom. The fraction of sp³-hybridized carbons (Fsp3) is 0.455.